The normalized spacial score (nSPS) is 10.3. The third-order valence-corrected chi connectivity index (χ3v) is 4.23. The van der Waals surface area contributed by atoms with Crippen LogP contribution in [0.5, 0.6) is 0 Å². The van der Waals surface area contributed by atoms with Gasteiger partial charge in [0, 0.05) is 14.3 Å². The molecule has 1 aromatic carbocycles. The van der Waals surface area contributed by atoms with Gasteiger partial charge in [-0.1, -0.05) is 15.9 Å². The second-order valence-electron chi connectivity index (χ2n) is 3.65. The molecule has 0 bridgehead atoms. The monoisotopic (exact) mass is 404 g/mol. The van der Waals surface area contributed by atoms with Crippen LogP contribution in [0, 0.1) is 0 Å². The number of rotatable bonds is 4. The molecular formula is C12H10Br2N2O2S. The van der Waals surface area contributed by atoms with Crippen molar-refractivity contribution < 1.29 is 9.53 Å². The number of nitrogens with one attached hydrogen (secondary N) is 1. The summed E-state index contributed by atoms with van der Waals surface area (Å²) in [7, 11) is 1.37. The van der Waals surface area contributed by atoms with Crippen molar-refractivity contribution in [2.45, 2.75) is 6.42 Å². The van der Waals surface area contributed by atoms with Gasteiger partial charge in [-0.15, -0.1) is 11.3 Å². The Kier molecular flexibility index (Phi) is 4.95. The SMILES string of the molecule is COC(=O)Cc1csc(Nc2ccc(Br)cc2Br)n1. The summed E-state index contributed by atoms with van der Waals surface area (Å²) < 4.78 is 6.54. The van der Waals surface area contributed by atoms with Crippen molar-refractivity contribution in [3.63, 3.8) is 0 Å². The number of hydrogen-bond donors (Lipinski definition) is 1. The summed E-state index contributed by atoms with van der Waals surface area (Å²) >= 11 is 8.32. The van der Waals surface area contributed by atoms with Gasteiger partial charge in [0.25, 0.3) is 0 Å². The first kappa shape index (κ1) is 14.5. The number of hydrogen-bond acceptors (Lipinski definition) is 5. The Balaban J connectivity index is 2.09. The van der Waals surface area contributed by atoms with Crippen molar-refractivity contribution in [1.82, 2.24) is 4.98 Å². The Labute approximate surface area is 131 Å². The zero-order valence-electron chi connectivity index (χ0n) is 9.94. The first-order valence-corrected chi connectivity index (χ1v) is 7.78. The molecular weight excluding hydrogens is 396 g/mol. The summed E-state index contributed by atoms with van der Waals surface area (Å²) in [6.07, 6.45) is 0.191. The number of thiazole rings is 1. The molecule has 0 fully saturated rings. The van der Waals surface area contributed by atoms with Crippen molar-refractivity contribution in [3.8, 4) is 0 Å². The van der Waals surface area contributed by atoms with Crippen molar-refractivity contribution >= 4 is 60.0 Å². The molecule has 4 nitrogen and oxygen atoms in total. The molecule has 0 amide bonds. The Morgan fingerprint density at radius 2 is 2.26 bits per heavy atom. The molecule has 100 valence electrons. The van der Waals surface area contributed by atoms with Crippen LogP contribution in [0.25, 0.3) is 0 Å². The maximum atomic E-state index is 11.1. The fourth-order valence-electron chi connectivity index (χ4n) is 1.37. The Morgan fingerprint density at radius 1 is 1.47 bits per heavy atom. The van der Waals surface area contributed by atoms with Crippen molar-refractivity contribution in [2.24, 2.45) is 0 Å². The molecule has 1 heterocycles. The maximum Gasteiger partial charge on any atom is 0.311 e. The standard InChI is InChI=1S/C12H10Br2N2O2S/c1-18-11(17)5-8-6-19-12(15-8)16-10-3-2-7(13)4-9(10)14/h2-4,6H,5H2,1H3,(H,15,16). The van der Waals surface area contributed by atoms with Gasteiger partial charge in [-0.3, -0.25) is 4.79 Å². The van der Waals surface area contributed by atoms with Gasteiger partial charge in [0.1, 0.15) is 0 Å². The molecule has 0 atom stereocenters. The molecule has 0 saturated heterocycles. The minimum Gasteiger partial charge on any atom is -0.469 e. The predicted octanol–water partition coefficient (Wildman–Crippen LogP) is 4.13. The number of carbonyl (C=O) groups excluding carboxylic acids is 1. The average molecular weight is 406 g/mol. The number of benzene rings is 1. The first-order chi connectivity index (χ1) is 9.08. The van der Waals surface area contributed by atoms with Gasteiger partial charge in [0.2, 0.25) is 0 Å². The number of anilines is 2. The smallest absolute Gasteiger partial charge is 0.311 e. The van der Waals surface area contributed by atoms with Gasteiger partial charge in [-0.25, -0.2) is 4.98 Å². The number of nitrogens with zero attached hydrogens (tertiary/aromatic N) is 1. The molecule has 1 N–H and O–H groups in total. The van der Waals surface area contributed by atoms with Crippen LogP contribution < -0.4 is 5.32 Å². The molecule has 0 unspecified atom stereocenters. The summed E-state index contributed by atoms with van der Waals surface area (Å²) in [5.41, 5.74) is 1.62. The molecule has 0 saturated carbocycles. The first-order valence-electron chi connectivity index (χ1n) is 5.32. The lowest BCUT2D eigenvalue weighted by Gasteiger charge is -2.05. The number of methoxy groups -OCH3 is 1. The molecule has 2 aromatic rings. The molecule has 0 radical (unpaired) electrons. The van der Waals surface area contributed by atoms with E-state index in [-0.39, 0.29) is 12.4 Å². The van der Waals surface area contributed by atoms with Crippen LogP contribution in [0.1, 0.15) is 5.69 Å². The van der Waals surface area contributed by atoms with Crippen LogP contribution >= 0.6 is 43.2 Å². The highest BCUT2D eigenvalue weighted by atomic mass is 79.9. The van der Waals surface area contributed by atoms with Gasteiger partial charge < -0.3 is 10.1 Å². The second-order valence-corrected chi connectivity index (χ2v) is 6.27. The molecule has 0 spiro atoms. The van der Waals surface area contributed by atoms with Gasteiger partial charge in [0.05, 0.1) is 24.9 Å². The zero-order chi connectivity index (χ0) is 13.8. The second kappa shape index (κ2) is 6.49. The van der Waals surface area contributed by atoms with E-state index in [1.807, 2.05) is 23.6 Å². The van der Waals surface area contributed by atoms with E-state index in [0.717, 1.165) is 19.8 Å². The maximum absolute atomic E-state index is 11.1. The topological polar surface area (TPSA) is 51.2 Å². The van der Waals surface area contributed by atoms with E-state index in [4.69, 9.17) is 0 Å². The van der Waals surface area contributed by atoms with Crippen LogP contribution in [0.15, 0.2) is 32.5 Å². The van der Waals surface area contributed by atoms with Crippen LogP contribution in [-0.4, -0.2) is 18.1 Å². The Bertz CT molecular complexity index is 601. The minimum absolute atomic E-state index is 0.191. The minimum atomic E-state index is -0.290. The Hall–Kier alpha value is -0.920. The van der Waals surface area contributed by atoms with E-state index in [1.165, 1.54) is 18.4 Å². The quantitative estimate of drug-likeness (QED) is 0.777. The summed E-state index contributed by atoms with van der Waals surface area (Å²) in [6, 6.07) is 5.83. The third-order valence-electron chi connectivity index (χ3n) is 2.28. The third kappa shape index (κ3) is 4.02. The van der Waals surface area contributed by atoms with Crippen molar-refractivity contribution in [2.75, 3.05) is 12.4 Å². The van der Waals surface area contributed by atoms with Crippen LogP contribution in [0.4, 0.5) is 10.8 Å². The van der Waals surface area contributed by atoms with Crippen molar-refractivity contribution in [1.29, 1.82) is 0 Å². The molecule has 0 aliphatic carbocycles. The van der Waals surface area contributed by atoms with E-state index in [1.54, 1.807) is 0 Å². The number of esters is 1. The molecule has 7 heteroatoms. The highest BCUT2D eigenvalue weighted by Crippen LogP contribution is 2.30. The molecule has 2 rings (SSSR count). The van der Waals surface area contributed by atoms with Gasteiger partial charge in [0.15, 0.2) is 5.13 Å². The zero-order valence-corrected chi connectivity index (χ0v) is 13.9. The summed E-state index contributed by atoms with van der Waals surface area (Å²) in [5.74, 6) is -0.290. The number of ether oxygens (including phenoxy) is 1. The number of carbonyl (C=O) groups is 1. The van der Waals surface area contributed by atoms with E-state index < -0.39 is 0 Å². The summed E-state index contributed by atoms with van der Waals surface area (Å²) in [4.78, 5) is 15.5. The lowest BCUT2D eigenvalue weighted by molar-refractivity contribution is -0.139. The number of halogens is 2. The van der Waals surface area contributed by atoms with E-state index >= 15 is 0 Å². The predicted molar refractivity (Wildman–Crippen MR) is 83.0 cm³/mol. The largest absolute Gasteiger partial charge is 0.469 e. The Morgan fingerprint density at radius 3 is 2.95 bits per heavy atom. The lowest BCUT2D eigenvalue weighted by atomic mass is 10.3. The lowest BCUT2D eigenvalue weighted by Crippen LogP contribution is -2.04. The number of aromatic nitrogens is 1. The van der Waals surface area contributed by atoms with Gasteiger partial charge in [-0.2, -0.15) is 0 Å². The molecule has 0 aliphatic heterocycles. The van der Waals surface area contributed by atoms with Gasteiger partial charge >= 0.3 is 5.97 Å². The average Bonchev–Trinajstić information content (AvgIpc) is 2.80. The van der Waals surface area contributed by atoms with Crippen LogP contribution in [0.2, 0.25) is 0 Å². The van der Waals surface area contributed by atoms with Crippen molar-refractivity contribution in [3.05, 3.63) is 38.2 Å². The molecule has 19 heavy (non-hydrogen) atoms. The van der Waals surface area contributed by atoms with Crippen LogP contribution in [-0.2, 0) is 16.0 Å². The molecule has 1 aromatic heterocycles. The van der Waals surface area contributed by atoms with E-state index in [0.29, 0.717) is 5.69 Å². The highest BCUT2D eigenvalue weighted by Gasteiger charge is 2.08. The fourth-order valence-corrected chi connectivity index (χ4v) is 3.24. The summed E-state index contributed by atoms with van der Waals surface area (Å²) in [6.45, 7) is 0. The highest BCUT2D eigenvalue weighted by molar-refractivity contribution is 9.11. The molecule has 0 aliphatic rings. The van der Waals surface area contributed by atoms with E-state index in [9.17, 15) is 4.79 Å². The van der Waals surface area contributed by atoms with Crippen LogP contribution in [0.3, 0.4) is 0 Å². The van der Waals surface area contributed by atoms with E-state index in [2.05, 4.69) is 46.9 Å². The summed E-state index contributed by atoms with van der Waals surface area (Å²) in [5, 5.41) is 5.78. The van der Waals surface area contributed by atoms with Gasteiger partial charge in [-0.05, 0) is 34.1 Å². The fraction of sp³-hybridized carbons (Fsp3) is 0.167.